The van der Waals surface area contributed by atoms with Crippen LogP contribution in [0.15, 0.2) is 22.8 Å². The fraction of sp³-hybridized carbons (Fsp3) is 0.500. The molecule has 1 atom stereocenters. The van der Waals surface area contributed by atoms with Gasteiger partial charge in [0.1, 0.15) is 16.2 Å². The summed E-state index contributed by atoms with van der Waals surface area (Å²) in [6.07, 6.45) is 3.94. The summed E-state index contributed by atoms with van der Waals surface area (Å²) in [6.45, 7) is 4.02. The topological polar surface area (TPSA) is 46.1 Å². The molecule has 0 N–H and O–H groups in total. The highest BCUT2D eigenvalue weighted by atomic mass is 32.2. The third-order valence-electron chi connectivity index (χ3n) is 3.57. The first kappa shape index (κ1) is 13.8. The fourth-order valence-electron chi connectivity index (χ4n) is 2.52. The molecule has 20 heavy (non-hydrogen) atoms. The molecule has 2 aromatic heterocycles. The van der Waals surface area contributed by atoms with Crippen molar-refractivity contribution in [2.75, 3.05) is 18.8 Å². The van der Waals surface area contributed by atoms with Crippen LogP contribution < -0.4 is 0 Å². The van der Waals surface area contributed by atoms with E-state index in [9.17, 15) is 4.79 Å². The second-order valence-corrected chi connectivity index (χ2v) is 7.05. The number of carbonyl (C=O) groups is 1. The van der Waals surface area contributed by atoms with Gasteiger partial charge in [0, 0.05) is 18.5 Å². The van der Waals surface area contributed by atoms with Crippen LogP contribution in [0.2, 0.25) is 0 Å². The van der Waals surface area contributed by atoms with Crippen LogP contribution in [-0.2, 0) is 4.79 Å². The lowest BCUT2D eigenvalue weighted by molar-refractivity contribution is -0.130. The summed E-state index contributed by atoms with van der Waals surface area (Å²) >= 11 is 3.13. The fourth-order valence-corrected chi connectivity index (χ4v) is 4.20. The molecule has 0 aromatic carbocycles. The minimum Gasteiger partial charge on any atom is -0.342 e. The largest absolute Gasteiger partial charge is 0.342 e. The Morgan fingerprint density at radius 1 is 1.55 bits per heavy atom. The van der Waals surface area contributed by atoms with E-state index < -0.39 is 0 Å². The van der Waals surface area contributed by atoms with Crippen LogP contribution in [0, 0.1) is 5.92 Å². The van der Waals surface area contributed by atoms with Crippen molar-refractivity contribution in [2.45, 2.75) is 24.8 Å². The predicted octanol–water partition coefficient (Wildman–Crippen LogP) is 3.04. The number of thioether (sulfide) groups is 1. The second kappa shape index (κ2) is 6.10. The van der Waals surface area contributed by atoms with Gasteiger partial charge in [0.05, 0.1) is 5.75 Å². The third-order valence-corrected chi connectivity index (χ3v) is 5.38. The van der Waals surface area contributed by atoms with Crippen molar-refractivity contribution in [2.24, 2.45) is 5.92 Å². The van der Waals surface area contributed by atoms with Crippen molar-refractivity contribution in [3.05, 3.63) is 17.8 Å². The SMILES string of the molecule is C[C@H]1CCCN(C(=O)CSc2ncnc3sccc23)C1. The van der Waals surface area contributed by atoms with Crippen LogP contribution in [0.4, 0.5) is 0 Å². The Morgan fingerprint density at radius 2 is 2.45 bits per heavy atom. The third kappa shape index (κ3) is 2.96. The molecule has 0 bridgehead atoms. The Kier molecular flexibility index (Phi) is 4.21. The first-order valence-corrected chi connectivity index (χ1v) is 8.69. The van der Waals surface area contributed by atoms with Gasteiger partial charge < -0.3 is 4.90 Å². The van der Waals surface area contributed by atoms with Crippen LogP contribution in [0.1, 0.15) is 19.8 Å². The molecule has 0 radical (unpaired) electrons. The van der Waals surface area contributed by atoms with Gasteiger partial charge >= 0.3 is 0 Å². The normalized spacial score (nSPS) is 19.4. The lowest BCUT2D eigenvalue weighted by Crippen LogP contribution is -2.40. The van der Waals surface area contributed by atoms with Gasteiger partial charge in [-0.25, -0.2) is 9.97 Å². The number of aromatic nitrogens is 2. The average molecular weight is 307 g/mol. The van der Waals surface area contributed by atoms with Gasteiger partial charge in [0.15, 0.2) is 0 Å². The van der Waals surface area contributed by atoms with Gasteiger partial charge in [-0.1, -0.05) is 18.7 Å². The molecule has 0 aliphatic carbocycles. The highest BCUT2D eigenvalue weighted by Crippen LogP contribution is 2.28. The van der Waals surface area contributed by atoms with E-state index in [4.69, 9.17) is 0 Å². The maximum Gasteiger partial charge on any atom is 0.232 e. The first-order chi connectivity index (χ1) is 9.74. The molecule has 3 rings (SSSR count). The number of hydrogen-bond donors (Lipinski definition) is 0. The van der Waals surface area contributed by atoms with E-state index in [1.165, 1.54) is 18.2 Å². The molecule has 1 fully saturated rings. The van der Waals surface area contributed by atoms with E-state index in [1.54, 1.807) is 17.7 Å². The zero-order valence-electron chi connectivity index (χ0n) is 11.4. The highest BCUT2D eigenvalue weighted by Gasteiger charge is 2.21. The van der Waals surface area contributed by atoms with Gasteiger partial charge in [-0.15, -0.1) is 11.3 Å². The lowest BCUT2D eigenvalue weighted by Gasteiger charge is -2.30. The number of fused-ring (bicyclic) bond motifs is 1. The first-order valence-electron chi connectivity index (χ1n) is 6.83. The molecular formula is C14H17N3OS2. The number of rotatable bonds is 3. The van der Waals surface area contributed by atoms with Gasteiger partial charge in [-0.3, -0.25) is 4.79 Å². The lowest BCUT2D eigenvalue weighted by atomic mass is 10.0. The summed E-state index contributed by atoms with van der Waals surface area (Å²) < 4.78 is 0. The number of carbonyl (C=O) groups excluding carboxylic acids is 1. The number of nitrogens with zero attached hydrogens (tertiary/aromatic N) is 3. The number of hydrogen-bond acceptors (Lipinski definition) is 5. The van der Waals surface area contributed by atoms with Crippen molar-refractivity contribution >= 4 is 39.2 Å². The summed E-state index contributed by atoms with van der Waals surface area (Å²) in [6, 6.07) is 2.02. The van der Waals surface area contributed by atoms with Crippen LogP contribution in [0.3, 0.4) is 0 Å². The Labute approximate surface area is 126 Å². The monoisotopic (exact) mass is 307 g/mol. The van der Waals surface area contributed by atoms with Crippen molar-refractivity contribution in [3.63, 3.8) is 0 Å². The molecule has 2 aromatic rings. The maximum absolute atomic E-state index is 12.3. The molecule has 1 saturated heterocycles. The summed E-state index contributed by atoms with van der Waals surface area (Å²) in [5, 5.41) is 3.98. The van der Waals surface area contributed by atoms with Crippen molar-refractivity contribution in [3.8, 4) is 0 Å². The molecule has 6 heteroatoms. The number of piperidine rings is 1. The highest BCUT2D eigenvalue weighted by molar-refractivity contribution is 8.00. The minimum atomic E-state index is 0.226. The van der Waals surface area contributed by atoms with E-state index in [-0.39, 0.29) is 5.91 Å². The standard InChI is InChI=1S/C14H17N3OS2/c1-10-3-2-5-17(7-10)12(18)8-20-14-11-4-6-19-13(11)15-9-16-14/h4,6,9-10H,2-3,5,7-8H2,1H3/t10-/m0/s1. The molecule has 0 saturated carbocycles. The maximum atomic E-state index is 12.3. The Bertz CT molecular complexity index is 613. The van der Waals surface area contributed by atoms with Crippen molar-refractivity contribution < 1.29 is 4.79 Å². The van der Waals surface area contributed by atoms with Gasteiger partial charge in [-0.05, 0) is 30.2 Å². The number of thiophene rings is 1. The molecular weight excluding hydrogens is 290 g/mol. The van der Waals surface area contributed by atoms with Gasteiger partial charge in [0.25, 0.3) is 0 Å². The summed E-state index contributed by atoms with van der Waals surface area (Å²) in [4.78, 5) is 23.8. The molecule has 3 heterocycles. The van der Waals surface area contributed by atoms with E-state index in [2.05, 4.69) is 16.9 Å². The van der Waals surface area contributed by atoms with Gasteiger partial charge in [0.2, 0.25) is 5.91 Å². The molecule has 0 spiro atoms. The average Bonchev–Trinajstić information content (AvgIpc) is 2.93. The van der Waals surface area contributed by atoms with E-state index in [1.807, 2.05) is 16.3 Å². The van der Waals surface area contributed by atoms with E-state index in [0.717, 1.165) is 34.8 Å². The van der Waals surface area contributed by atoms with Crippen LogP contribution in [0.5, 0.6) is 0 Å². The predicted molar refractivity (Wildman–Crippen MR) is 83.1 cm³/mol. The molecule has 4 nitrogen and oxygen atoms in total. The van der Waals surface area contributed by atoms with Crippen LogP contribution >= 0.6 is 23.1 Å². The van der Waals surface area contributed by atoms with Crippen LogP contribution in [-0.4, -0.2) is 39.6 Å². The van der Waals surface area contributed by atoms with Gasteiger partial charge in [-0.2, -0.15) is 0 Å². The Balaban J connectivity index is 1.64. The summed E-state index contributed by atoms with van der Waals surface area (Å²) in [5.74, 6) is 1.32. The second-order valence-electron chi connectivity index (χ2n) is 5.19. The molecule has 0 unspecified atom stereocenters. The summed E-state index contributed by atoms with van der Waals surface area (Å²) in [7, 11) is 0. The van der Waals surface area contributed by atoms with Crippen molar-refractivity contribution in [1.29, 1.82) is 0 Å². The minimum absolute atomic E-state index is 0.226. The molecule has 1 aliphatic rings. The van der Waals surface area contributed by atoms with Crippen LogP contribution in [0.25, 0.3) is 10.2 Å². The number of amides is 1. The van der Waals surface area contributed by atoms with E-state index >= 15 is 0 Å². The Hall–Kier alpha value is -1.14. The molecule has 1 amide bonds. The zero-order chi connectivity index (χ0) is 13.9. The van der Waals surface area contributed by atoms with E-state index in [0.29, 0.717) is 11.7 Å². The number of likely N-dealkylation sites (tertiary alicyclic amines) is 1. The smallest absolute Gasteiger partial charge is 0.232 e. The molecule has 106 valence electrons. The summed E-state index contributed by atoms with van der Waals surface area (Å²) in [5.41, 5.74) is 0. The Morgan fingerprint density at radius 3 is 3.30 bits per heavy atom. The quantitative estimate of drug-likeness (QED) is 0.646. The van der Waals surface area contributed by atoms with Crippen molar-refractivity contribution in [1.82, 2.24) is 14.9 Å². The molecule has 1 aliphatic heterocycles. The zero-order valence-corrected chi connectivity index (χ0v) is 13.0.